The Kier molecular flexibility index (Phi) is 8.98. The molecule has 1 rings (SSSR count). The van der Waals surface area contributed by atoms with Crippen molar-refractivity contribution in [3.8, 4) is 0 Å². The summed E-state index contributed by atoms with van der Waals surface area (Å²) in [6, 6.07) is 4.91. The van der Waals surface area contributed by atoms with Gasteiger partial charge in [0, 0.05) is 22.2 Å². The molecule has 0 heterocycles. The Morgan fingerprint density at radius 2 is 1.74 bits per heavy atom. The lowest BCUT2D eigenvalue weighted by Crippen LogP contribution is -2.26. The van der Waals surface area contributed by atoms with E-state index < -0.39 is 10.0 Å². The molecule has 0 fully saturated rings. The molecule has 4 nitrogen and oxygen atoms in total. The number of benzene rings is 1. The maximum atomic E-state index is 11.8. The number of halogens is 3. The zero-order valence-electron chi connectivity index (χ0n) is 10.2. The molecule has 8 heteroatoms. The highest BCUT2D eigenvalue weighted by molar-refractivity contribution is 7.88. The van der Waals surface area contributed by atoms with Crippen LogP contribution in [0.3, 0.4) is 0 Å². The number of nitrogens with two attached hydrogens (primary N) is 1. The van der Waals surface area contributed by atoms with E-state index in [1.54, 1.807) is 18.2 Å². The van der Waals surface area contributed by atoms with E-state index >= 15 is 0 Å². The van der Waals surface area contributed by atoms with Crippen molar-refractivity contribution >= 4 is 45.6 Å². The number of rotatable bonds is 7. The van der Waals surface area contributed by atoms with Gasteiger partial charge in [0.15, 0.2) is 0 Å². The fourth-order valence-corrected chi connectivity index (χ4v) is 3.35. The van der Waals surface area contributed by atoms with E-state index in [0.717, 1.165) is 6.42 Å². The van der Waals surface area contributed by atoms with Gasteiger partial charge >= 0.3 is 0 Å². The standard InChI is InChI=1S/C11H16Cl2N2O2S.ClH/c12-10-4-3-5-11(13)9(10)8-18(16,17)15-7-2-1-6-14;/h3-5,15H,1-2,6-8,14H2;1H. The summed E-state index contributed by atoms with van der Waals surface area (Å²) in [6.07, 6.45) is 1.50. The lowest BCUT2D eigenvalue weighted by Gasteiger charge is -2.09. The van der Waals surface area contributed by atoms with Crippen LogP contribution in [0.4, 0.5) is 0 Å². The minimum absolute atomic E-state index is 0. The van der Waals surface area contributed by atoms with E-state index in [-0.39, 0.29) is 18.2 Å². The highest BCUT2D eigenvalue weighted by Gasteiger charge is 2.15. The van der Waals surface area contributed by atoms with Crippen LogP contribution in [0.5, 0.6) is 0 Å². The van der Waals surface area contributed by atoms with E-state index in [4.69, 9.17) is 28.9 Å². The van der Waals surface area contributed by atoms with Gasteiger partial charge in [0.05, 0.1) is 5.75 Å². The maximum absolute atomic E-state index is 11.8. The van der Waals surface area contributed by atoms with Gasteiger partial charge in [-0.25, -0.2) is 13.1 Å². The Labute approximate surface area is 130 Å². The van der Waals surface area contributed by atoms with Gasteiger partial charge in [-0.15, -0.1) is 12.4 Å². The van der Waals surface area contributed by atoms with Crippen molar-refractivity contribution in [2.24, 2.45) is 5.73 Å². The zero-order valence-corrected chi connectivity index (χ0v) is 13.4. The lowest BCUT2D eigenvalue weighted by molar-refractivity contribution is 0.576. The van der Waals surface area contributed by atoms with Gasteiger partial charge in [-0.2, -0.15) is 0 Å². The lowest BCUT2D eigenvalue weighted by atomic mass is 10.2. The van der Waals surface area contributed by atoms with Gasteiger partial charge < -0.3 is 5.73 Å². The minimum atomic E-state index is -3.42. The van der Waals surface area contributed by atoms with Crippen molar-refractivity contribution < 1.29 is 8.42 Å². The molecule has 0 spiro atoms. The summed E-state index contributed by atoms with van der Waals surface area (Å²) < 4.78 is 26.1. The first-order valence-electron chi connectivity index (χ1n) is 5.56. The quantitative estimate of drug-likeness (QED) is 0.745. The fourth-order valence-electron chi connectivity index (χ4n) is 1.41. The molecule has 0 atom stereocenters. The minimum Gasteiger partial charge on any atom is -0.330 e. The van der Waals surface area contributed by atoms with Gasteiger partial charge in [0.25, 0.3) is 0 Å². The van der Waals surface area contributed by atoms with E-state index in [2.05, 4.69) is 4.72 Å². The summed E-state index contributed by atoms with van der Waals surface area (Å²) in [5.74, 6) is -0.214. The zero-order chi connectivity index (χ0) is 13.6. The molecular formula is C11H17Cl3N2O2S. The van der Waals surface area contributed by atoms with Crippen LogP contribution in [-0.4, -0.2) is 21.5 Å². The SMILES string of the molecule is Cl.NCCCCNS(=O)(=O)Cc1c(Cl)cccc1Cl. The van der Waals surface area contributed by atoms with Crippen molar-refractivity contribution in [1.29, 1.82) is 0 Å². The third kappa shape index (κ3) is 6.79. The van der Waals surface area contributed by atoms with E-state index in [0.29, 0.717) is 35.1 Å². The van der Waals surface area contributed by atoms with Crippen LogP contribution in [-0.2, 0) is 15.8 Å². The van der Waals surface area contributed by atoms with Crippen molar-refractivity contribution in [3.05, 3.63) is 33.8 Å². The molecule has 19 heavy (non-hydrogen) atoms. The summed E-state index contributed by atoms with van der Waals surface area (Å²) in [5.41, 5.74) is 5.75. The van der Waals surface area contributed by atoms with E-state index in [1.807, 2.05) is 0 Å². The van der Waals surface area contributed by atoms with Crippen LogP contribution in [0.2, 0.25) is 10.0 Å². The van der Waals surface area contributed by atoms with Crippen LogP contribution < -0.4 is 10.5 Å². The summed E-state index contributed by atoms with van der Waals surface area (Å²) in [6.45, 7) is 0.930. The van der Waals surface area contributed by atoms with Gasteiger partial charge in [-0.1, -0.05) is 29.3 Å². The van der Waals surface area contributed by atoms with Gasteiger partial charge in [-0.3, -0.25) is 0 Å². The number of hydrogen-bond acceptors (Lipinski definition) is 3. The Morgan fingerprint density at radius 3 is 2.26 bits per heavy atom. The van der Waals surface area contributed by atoms with Gasteiger partial charge in [0.1, 0.15) is 0 Å². The Bertz CT molecular complexity index is 474. The van der Waals surface area contributed by atoms with Crippen LogP contribution in [0.15, 0.2) is 18.2 Å². The second kappa shape index (κ2) is 9.00. The van der Waals surface area contributed by atoms with Crippen molar-refractivity contribution in [2.75, 3.05) is 13.1 Å². The monoisotopic (exact) mass is 346 g/mol. The van der Waals surface area contributed by atoms with Gasteiger partial charge in [-0.05, 0) is 31.5 Å². The number of hydrogen-bond donors (Lipinski definition) is 2. The van der Waals surface area contributed by atoms with E-state index in [9.17, 15) is 8.42 Å². The molecule has 0 radical (unpaired) electrons. The second-order valence-electron chi connectivity index (χ2n) is 3.85. The van der Waals surface area contributed by atoms with Crippen molar-refractivity contribution in [2.45, 2.75) is 18.6 Å². The average Bonchev–Trinajstić information content (AvgIpc) is 2.30. The smallest absolute Gasteiger partial charge is 0.215 e. The molecule has 0 aliphatic heterocycles. The Morgan fingerprint density at radius 1 is 1.16 bits per heavy atom. The Balaban J connectivity index is 0.00000324. The molecular weight excluding hydrogens is 331 g/mol. The van der Waals surface area contributed by atoms with Crippen LogP contribution >= 0.6 is 35.6 Å². The Hall–Kier alpha value is -0.0400. The molecule has 0 aliphatic rings. The normalized spacial score (nSPS) is 11.1. The molecule has 1 aromatic carbocycles. The molecule has 0 aromatic heterocycles. The van der Waals surface area contributed by atoms with Crippen LogP contribution in [0.25, 0.3) is 0 Å². The molecule has 0 saturated heterocycles. The van der Waals surface area contributed by atoms with E-state index in [1.165, 1.54) is 0 Å². The summed E-state index contributed by atoms with van der Waals surface area (Å²) in [5, 5.41) is 0.713. The van der Waals surface area contributed by atoms with Crippen LogP contribution in [0, 0.1) is 0 Å². The summed E-state index contributed by atoms with van der Waals surface area (Å²) in [4.78, 5) is 0. The molecule has 0 bridgehead atoms. The van der Waals surface area contributed by atoms with Crippen LogP contribution in [0.1, 0.15) is 18.4 Å². The molecule has 0 unspecified atom stereocenters. The highest BCUT2D eigenvalue weighted by Crippen LogP contribution is 2.25. The first-order chi connectivity index (χ1) is 8.46. The summed E-state index contributed by atoms with van der Waals surface area (Å²) in [7, 11) is -3.42. The molecule has 1 aromatic rings. The summed E-state index contributed by atoms with van der Waals surface area (Å²) >= 11 is 11.9. The largest absolute Gasteiger partial charge is 0.330 e. The highest BCUT2D eigenvalue weighted by atomic mass is 35.5. The molecule has 110 valence electrons. The first-order valence-corrected chi connectivity index (χ1v) is 7.97. The predicted octanol–water partition coefficient (Wildman–Crippen LogP) is 2.57. The second-order valence-corrected chi connectivity index (χ2v) is 6.47. The number of nitrogens with one attached hydrogen (secondary N) is 1. The average molecular weight is 348 g/mol. The maximum Gasteiger partial charge on any atom is 0.215 e. The third-order valence-electron chi connectivity index (χ3n) is 2.35. The third-order valence-corrected chi connectivity index (χ3v) is 4.37. The fraction of sp³-hybridized carbons (Fsp3) is 0.455. The van der Waals surface area contributed by atoms with Crippen molar-refractivity contribution in [1.82, 2.24) is 4.72 Å². The molecule has 0 aliphatic carbocycles. The predicted molar refractivity (Wildman–Crippen MR) is 82.6 cm³/mol. The molecule has 0 saturated carbocycles. The number of unbranched alkanes of at least 4 members (excludes halogenated alkanes) is 1. The van der Waals surface area contributed by atoms with Gasteiger partial charge in [0.2, 0.25) is 10.0 Å². The molecule has 3 N–H and O–H groups in total. The van der Waals surface area contributed by atoms with Crippen molar-refractivity contribution in [3.63, 3.8) is 0 Å². The topological polar surface area (TPSA) is 72.2 Å². The molecule has 0 amide bonds. The first kappa shape index (κ1) is 19.0. The number of sulfonamides is 1.